The molecule has 3 rings (SSSR count). The van der Waals surface area contributed by atoms with Gasteiger partial charge in [-0.05, 0) is 6.07 Å². The van der Waals surface area contributed by atoms with Crippen molar-refractivity contribution >= 4 is 22.6 Å². The maximum atomic E-state index is 6.02. The summed E-state index contributed by atoms with van der Waals surface area (Å²) >= 11 is 6.02. The molecule has 6 heteroatoms. The number of alkyl halides is 1. The fourth-order valence-corrected chi connectivity index (χ4v) is 2.55. The minimum Gasteiger partial charge on any atom is -0.493 e. The molecule has 2 heterocycles. The molecule has 0 spiro atoms. The number of hydrogen-bond donors (Lipinski definition) is 0. The van der Waals surface area contributed by atoms with Crippen molar-refractivity contribution in [1.29, 1.82) is 0 Å². The standard InChI is InChI=1S/C15H15ClN2O3/c1-19-13-5-11-12(6-14(13)20-2)18(15(7-16)17-11)8-10-3-4-21-9-10/h3-6,9H,7-8H2,1-2H3. The van der Waals surface area contributed by atoms with Crippen LogP contribution in [0.25, 0.3) is 11.0 Å². The lowest BCUT2D eigenvalue weighted by atomic mass is 10.2. The summed E-state index contributed by atoms with van der Waals surface area (Å²) in [7, 11) is 3.22. The van der Waals surface area contributed by atoms with E-state index in [1.54, 1.807) is 26.7 Å². The number of methoxy groups -OCH3 is 2. The highest BCUT2D eigenvalue weighted by Gasteiger charge is 2.15. The van der Waals surface area contributed by atoms with Crippen molar-refractivity contribution in [3.8, 4) is 11.5 Å². The maximum Gasteiger partial charge on any atom is 0.163 e. The lowest BCUT2D eigenvalue weighted by Crippen LogP contribution is -2.03. The number of aromatic nitrogens is 2. The van der Waals surface area contributed by atoms with Gasteiger partial charge in [-0.15, -0.1) is 11.6 Å². The number of halogens is 1. The maximum absolute atomic E-state index is 6.02. The molecule has 1 aromatic carbocycles. The summed E-state index contributed by atoms with van der Waals surface area (Å²) in [5.41, 5.74) is 2.83. The van der Waals surface area contributed by atoms with Crippen LogP contribution in [0.2, 0.25) is 0 Å². The van der Waals surface area contributed by atoms with E-state index in [1.165, 1.54) is 0 Å². The van der Waals surface area contributed by atoms with Crippen LogP contribution in [0.3, 0.4) is 0 Å². The number of benzene rings is 1. The molecular formula is C15H15ClN2O3. The number of furan rings is 1. The van der Waals surface area contributed by atoms with Crippen molar-refractivity contribution in [3.05, 3.63) is 42.1 Å². The van der Waals surface area contributed by atoms with Crippen LogP contribution in [0.15, 0.2) is 35.1 Å². The van der Waals surface area contributed by atoms with Crippen LogP contribution in [0, 0.1) is 0 Å². The normalized spacial score (nSPS) is 11.0. The molecule has 2 aromatic heterocycles. The van der Waals surface area contributed by atoms with Crippen molar-refractivity contribution in [3.63, 3.8) is 0 Å². The van der Waals surface area contributed by atoms with Gasteiger partial charge in [0.05, 0.1) is 50.2 Å². The molecule has 0 fully saturated rings. The average Bonchev–Trinajstić information content (AvgIpc) is 3.14. The second kappa shape index (κ2) is 5.69. The van der Waals surface area contributed by atoms with Gasteiger partial charge in [0.1, 0.15) is 5.82 Å². The highest BCUT2D eigenvalue weighted by molar-refractivity contribution is 6.16. The zero-order valence-electron chi connectivity index (χ0n) is 11.8. The first-order chi connectivity index (χ1) is 10.3. The fourth-order valence-electron chi connectivity index (χ4n) is 2.35. The van der Waals surface area contributed by atoms with Crippen LogP contribution in [-0.4, -0.2) is 23.8 Å². The Bertz CT molecular complexity index is 750. The second-order valence-corrected chi connectivity index (χ2v) is 4.84. The van der Waals surface area contributed by atoms with E-state index in [2.05, 4.69) is 9.55 Å². The fraction of sp³-hybridized carbons (Fsp3) is 0.267. The Morgan fingerprint density at radius 1 is 1.24 bits per heavy atom. The molecule has 0 amide bonds. The summed E-state index contributed by atoms with van der Waals surface area (Å²) in [6.45, 7) is 0.643. The summed E-state index contributed by atoms with van der Waals surface area (Å²) in [6, 6.07) is 5.69. The summed E-state index contributed by atoms with van der Waals surface area (Å²) < 4.78 is 17.8. The molecule has 0 atom stereocenters. The van der Waals surface area contributed by atoms with Crippen molar-refractivity contribution < 1.29 is 13.9 Å². The Hall–Kier alpha value is -2.14. The molecular weight excluding hydrogens is 292 g/mol. The topological polar surface area (TPSA) is 49.4 Å². The highest BCUT2D eigenvalue weighted by atomic mass is 35.5. The van der Waals surface area contributed by atoms with Crippen molar-refractivity contribution in [2.24, 2.45) is 0 Å². The number of fused-ring (bicyclic) bond motifs is 1. The van der Waals surface area contributed by atoms with Gasteiger partial charge in [-0.2, -0.15) is 0 Å². The van der Waals surface area contributed by atoms with Gasteiger partial charge in [0.2, 0.25) is 0 Å². The van der Waals surface area contributed by atoms with Crippen LogP contribution in [-0.2, 0) is 12.4 Å². The molecule has 0 N–H and O–H groups in total. The van der Waals surface area contributed by atoms with Crippen LogP contribution in [0.1, 0.15) is 11.4 Å². The zero-order valence-corrected chi connectivity index (χ0v) is 12.6. The number of hydrogen-bond acceptors (Lipinski definition) is 4. The molecule has 0 unspecified atom stereocenters. The molecule has 5 nitrogen and oxygen atoms in total. The third kappa shape index (κ3) is 2.45. The van der Waals surface area contributed by atoms with Gasteiger partial charge in [0.15, 0.2) is 11.5 Å². The summed E-state index contributed by atoms with van der Waals surface area (Å²) in [5, 5.41) is 0. The summed E-state index contributed by atoms with van der Waals surface area (Å²) in [5.74, 6) is 2.44. The quantitative estimate of drug-likeness (QED) is 0.678. The predicted molar refractivity (Wildman–Crippen MR) is 80.2 cm³/mol. The van der Waals surface area contributed by atoms with Crippen molar-refractivity contribution in [1.82, 2.24) is 9.55 Å². The Morgan fingerprint density at radius 3 is 2.62 bits per heavy atom. The van der Waals surface area contributed by atoms with E-state index in [9.17, 15) is 0 Å². The first kappa shape index (κ1) is 13.8. The molecule has 3 aromatic rings. The van der Waals surface area contributed by atoms with Gasteiger partial charge in [-0.3, -0.25) is 0 Å². The van der Waals surface area contributed by atoms with E-state index >= 15 is 0 Å². The van der Waals surface area contributed by atoms with Gasteiger partial charge < -0.3 is 18.5 Å². The van der Waals surface area contributed by atoms with Gasteiger partial charge >= 0.3 is 0 Å². The van der Waals surface area contributed by atoms with Crippen molar-refractivity contribution in [2.45, 2.75) is 12.4 Å². The SMILES string of the molecule is COc1cc2nc(CCl)n(Cc3ccoc3)c2cc1OC. The zero-order chi connectivity index (χ0) is 14.8. The van der Waals surface area contributed by atoms with Gasteiger partial charge in [0, 0.05) is 17.7 Å². The minimum atomic E-state index is 0.331. The first-order valence-corrected chi connectivity index (χ1v) is 6.98. The first-order valence-electron chi connectivity index (χ1n) is 6.45. The highest BCUT2D eigenvalue weighted by Crippen LogP contribution is 2.33. The minimum absolute atomic E-state index is 0.331. The molecule has 0 bridgehead atoms. The Balaban J connectivity index is 2.16. The van der Waals surface area contributed by atoms with E-state index in [1.807, 2.05) is 18.2 Å². The van der Waals surface area contributed by atoms with Crippen LogP contribution in [0.5, 0.6) is 11.5 Å². The van der Waals surface area contributed by atoms with Gasteiger partial charge in [-0.1, -0.05) is 0 Å². The number of ether oxygens (including phenoxy) is 2. The lowest BCUT2D eigenvalue weighted by molar-refractivity contribution is 0.355. The molecule has 0 radical (unpaired) electrons. The molecule has 21 heavy (non-hydrogen) atoms. The predicted octanol–water partition coefficient (Wildman–Crippen LogP) is 3.43. The molecule has 0 saturated heterocycles. The number of imidazole rings is 1. The van der Waals surface area contributed by atoms with Crippen LogP contribution in [0.4, 0.5) is 0 Å². The van der Waals surface area contributed by atoms with E-state index in [-0.39, 0.29) is 0 Å². The summed E-state index contributed by atoms with van der Waals surface area (Å²) in [6.07, 6.45) is 3.36. The van der Waals surface area contributed by atoms with Gasteiger partial charge in [0.25, 0.3) is 0 Å². The van der Waals surface area contributed by atoms with E-state index in [0.717, 1.165) is 22.4 Å². The molecule has 0 aliphatic heterocycles. The smallest absolute Gasteiger partial charge is 0.163 e. The third-order valence-corrected chi connectivity index (χ3v) is 3.61. The van der Waals surface area contributed by atoms with E-state index in [4.69, 9.17) is 25.5 Å². The largest absolute Gasteiger partial charge is 0.493 e. The van der Waals surface area contributed by atoms with E-state index in [0.29, 0.717) is 23.9 Å². The third-order valence-electron chi connectivity index (χ3n) is 3.37. The van der Waals surface area contributed by atoms with E-state index < -0.39 is 0 Å². The summed E-state index contributed by atoms with van der Waals surface area (Å²) in [4.78, 5) is 4.56. The monoisotopic (exact) mass is 306 g/mol. The Labute approximate surface area is 127 Å². The van der Waals surface area contributed by atoms with Crippen molar-refractivity contribution in [2.75, 3.05) is 14.2 Å². The lowest BCUT2D eigenvalue weighted by Gasteiger charge is -2.09. The Morgan fingerprint density at radius 2 is 2.00 bits per heavy atom. The number of nitrogens with zero attached hydrogens (tertiary/aromatic N) is 2. The Kier molecular flexibility index (Phi) is 3.75. The molecule has 0 aliphatic rings. The average molecular weight is 307 g/mol. The second-order valence-electron chi connectivity index (χ2n) is 4.58. The van der Waals surface area contributed by atoms with Crippen LogP contribution < -0.4 is 9.47 Å². The number of rotatable bonds is 5. The molecule has 0 saturated carbocycles. The molecule has 110 valence electrons. The van der Waals surface area contributed by atoms with Gasteiger partial charge in [-0.25, -0.2) is 4.98 Å². The molecule has 0 aliphatic carbocycles. The van der Waals surface area contributed by atoms with Crippen LogP contribution >= 0.6 is 11.6 Å².